The number of halogens is 1. The van der Waals surface area contributed by atoms with Crippen molar-refractivity contribution in [1.82, 2.24) is 0 Å². The summed E-state index contributed by atoms with van der Waals surface area (Å²) in [6.45, 7) is 0. The molecular formula is C7H12FN. The summed E-state index contributed by atoms with van der Waals surface area (Å²) in [6, 6.07) is 0.179. The lowest BCUT2D eigenvalue weighted by molar-refractivity contribution is 0.258. The van der Waals surface area contributed by atoms with Crippen molar-refractivity contribution in [2.75, 3.05) is 0 Å². The zero-order chi connectivity index (χ0) is 6.43. The monoisotopic (exact) mass is 129 g/mol. The highest BCUT2D eigenvalue weighted by Crippen LogP contribution is 2.45. The summed E-state index contributed by atoms with van der Waals surface area (Å²) in [5, 5.41) is 0. The number of fused-ring (bicyclic) bond motifs is 2. The molecule has 0 heterocycles. The van der Waals surface area contributed by atoms with Crippen molar-refractivity contribution < 1.29 is 4.39 Å². The first-order valence-corrected chi connectivity index (χ1v) is 3.68. The van der Waals surface area contributed by atoms with E-state index in [1.807, 2.05) is 0 Å². The van der Waals surface area contributed by atoms with Gasteiger partial charge in [-0.3, -0.25) is 0 Å². The second kappa shape index (κ2) is 1.69. The summed E-state index contributed by atoms with van der Waals surface area (Å²) >= 11 is 0. The standard InChI is InChI=1S/C7H12FN/c8-7-4-1-2-5(7)6(9)3-4/h4-7H,1-3,9H2/t4-,5-,6+,7+/m1/s1. The van der Waals surface area contributed by atoms with Gasteiger partial charge in [-0.1, -0.05) is 0 Å². The number of nitrogens with two attached hydrogens (primary N) is 1. The molecule has 2 aliphatic carbocycles. The van der Waals surface area contributed by atoms with E-state index in [9.17, 15) is 4.39 Å². The van der Waals surface area contributed by atoms with E-state index < -0.39 is 6.17 Å². The maximum absolute atomic E-state index is 12.9. The van der Waals surface area contributed by atoms with Crippen molar-refractivity contribution in [1.29, 1.82) is 0 Å². The Labute approximate surface area is 54.4 Å². The SMILES string of the molecule is N[C@H]1C[C@H]2CC[C@H]1[C@H]2F. The van der Waals surface area contributed by atoms with Crippen LogP contribution >= 0.6 is 0 Å². The van der Waals surface area contributed by atoms with Crippen LogP contribution < -0.4 is 5.73 Å². The molecule has 9 heavy (non-hydrogen) atoms. The van der Waals surface area contributed by atoms with Gasteiger partial charge in [-0.2, -0.15) is 0 Å². The Balaban J connectivity index is 2.16. The molecular weight excluding hydrogens is 117 g/mol. The van der Waals surface area contributed by atoms with Gasteiger partial charge in [0.25, 0.3) is 0 Å². The second-order valence-electron chi connectivity index (χ2n) is 3.35. The van der Waals surface area contributed by atoms with Crippen LogP contribution in [0.1, 0.15) is 19.3 Å². The molecule has 0 spiro atoms. The van der Waals surface area contributed by atoms with E-state index in [1.54, 1.807) is 0 Å². The molecule has 4 atom stereocenters. The topological polar surface area (TPSA) is 26.0 Å². The van der Waals surface area contributed by atoms with Crippen molar-refractivity contribution in [3.63, 3.8) is 0 Å². The molecule has 2 aliphatic rings. The van der Waals surface area contributed by atoms with Gasteiger partial charge in [0.15, 0.2) is 0 Å². The minimum Gasteiger partial charge on any atom is -0.327 e. The van der Waals surface area contributed by atoms with E-state index in [4.69, 9.17) is 5.73 Å². The molecule has 2 rings (SSSR count). The lowest BCUT2D eigenvalue weighted by atomic mass is 9.96. The van der Waals surface area contributed by atoms with E-state index in [2.05, 4.69) is 0 Å². The predicted molar refractivity (Wildman–Crippen MR) is 33.7 cm³/mol. The minimum atomic E-state index is -0.556. The molecule has 52 valence electrons. The Morgan fingerprint density at radius 3 is 2.33 bits per heavy atom. The third-order valence-corrected chi connectivity index (χ3v) is 2.86. The van der Waals surface area contributed by atoms with Gasteiger partial charge in [-0.15, -0.1) is 0 Å². The predicted octanol–water partition coefficient (Wildman–Crippen LogP) is 1.08. The second-order valence-corrected chi connectivity index (χ2v) is 3.35. The highest BCUT2D eigenvalue weighted by Gasteiger charge is 2.46. The molecule has 2 N–H and O–H groups in total. The first kappa shape index (κ1) is 5.66. The fourth-order valence-electron chi connectivity index (χ4n) is 2.30. The average molecular weight is 129 g/mol. The molecule has 2 bridgehead atoms. The number of hydrogen-bond donors (Lipinski definition) is 1. The van der Waals surface area contributed by atoms with E-state index in [0.717, 1.165) is 19.3 Å². The zero-order valence-electron chi connectivity index (χ0n) is 5.39. The Hall–Kier alpha value is -0.110. The maximum atomic E-state index is 12.9. The summed E-state index contributed by atoms with van der Waals surface area (Å²) < 4.78 is 12.9. The van der Waals surface area contributed by atoms with Crippen LogP contribution in [-0.4, -0.2) is 12.2 Å². The Morgan fingerprint density at radius 1 is 1.33 bits per heavy atom. The summed E-state index contributed by atoms with van der Waals surface area (Å²) in [5.41, 5.74) is 5.67. The van der Waals surface area contributed by atoms with Crippen LogP contribution in [0.4, 0.5) is 4.39 Å². The Kier molecular flexibility index (Phi) is 1.06. The first-order valence-electron chi connectivity index (χ1n) is 3.68. The fraction of sp³-hybridized carbons (Fsp3) is 1.00. The van der Waals surface area contributed by atoms with Crippen molar-refractivity contribution in [3.8, 4) is 0 Å². The Bertz CT molecular complexity index is 126. The van der Waals surface area contributed by atoms with Gasteiger partial charge in [0, 0.05) is 12.0 Å². The van der Waals surface area contributed by atoms with Crippen LogP contribution in [-0.2, 0) is 0 Å². The van der Waals surface area contributed by atoms with Crippen LogP contribution in [0.5, 0.6) is 0 Å². The summed E-state index contributed by atoms with van der Waals surface area (Å²) in [5.74, 6) is 0.542. The van der Waals surface area contributed by atoms with E-state index in [0.29, 0.717) is 5.92 Å². The molecule has 2 fully saturated rings. The van der Waals surface area contributed by atoms with Gasteiger partial charge >= 0.3 is 0 Å². The quantitative estimate of drug-likeness (QED) is 0.520. The summed E-state index contributed by atoms with van der Waals surface area (Å²) in [7, 11) is 0. The zero-order valence-corrected chi connectivity index (χ0v) is 5.39. The average Bonchev–Trinajstić information content (AvgIpc) is 2.25. The van der Waals surface area contributed by atoms with Crippen molar-refractivity contribution in [3.05, 3.63) is 0 Å². The van der Waals surface area contributed by atoms with Gasteiger partial charge in [-0.25, -0.2) is 4.39 Å². The molecule has 0 saturated heterocycles. The number of alkyl halides is 1. The molecule has 1 nitrogen and oxygen atoms in total. The largest absolute Gasteiger partial charge is 0.327 e. The lowest BCUT2D eigenvalue weighted by Crippen LogP contribution is -2.27. The highest BCUT2D eigenvalue weighted by atomic mass is 19.1. The van der Waals surface area contributed by atoms with Gasteiger partial charge in [0.05, 0.1) is 0 Å². The van der Waals surface area contributed by atoms with E-state index >= 15 is 0 Å². The van der Waals surface area contributed by atoms with Crippen LogP contribution in [0.15, 0.2) is 0 Å². The summed E-state index contributed by atoms with van der Waals surface area (Å²) in [4.78, 5) is 0. The molecule has 0 aromatic carbocycles. The van der Waals surface area contributed by atoms with Crippen molar-refractivity contribution in [2.24, 2.45) is 17.6 Å². The molecule has 0 amide bonds. The van der Waals surface area contributed by atoms with Crippen LogP contribution in [0.2, 0.25) is 0 Å². The van der Waals surface area contributed by atoms with Crippen molar-refractivity contribution >= 4 is 0 Å². The molecule has 0 radical (unpaired) electrons. The normalized spacial score (nSPS) is 56.7. The van der Waals surface area contributed by atoms with Gasteiger partial charge in [0.1, 0.15) is 6.17 Å². The third kappa shape index (κ3) is 0.627. The first-order chi connectivity index (χ1) is 4.29. The van der Waals surface area contributed by atoms with E-state index in [-0.39, 0.29) is 12.0 Å². The fourth-order valence-corrected chi connectivity index (χ4v) is 2.30. The molecule has 0 unspecified atom stereocenters. The molecule has 0 aliphatic heterocycles. The number of hydrogen-bond acceptors (Lipinski definition) is 1. The number of rotatable bonds is 0. The van der Waals surface area contributed by atoms with E-state index in [1.165, 1.54) is 0 Å². The maximum Gasteiger partial charge on any atom is 0.107 e. The lowest BCUT2D eigenvalue weighted by Gasteiger charge is -2.14. The van der Waals surface area contributed by atoms with Crippen LogP contribution in [0.3, 0.4) is 0 Å². The van der Waals surface area contributed by atoms with Gasteiger partial charge in [0.2, 0.25) is 0 Å². The molecule has 2 saturated carbocycles. The third-order valence-electron chi connectivity index (χ3n) is 2.86. The highest BCUT2D eigenvalue weighted by molar-refractivity contribution is 4.99. The van der Waals surface area contributed by atoms with Crippen LogP contribution in [0, 0.1) is 11.8 Å². The van der Waals surface area contributed by atoms with Crippen LogP contribution in [0.25, 0.3) is 0 Å². The van der Waals surface area contributed by atoms with Gasteiger partial charge in [-0.05, 0) is 25.2 Å². The smallest absolute Gasteiger partial charge is 0.107 e. The molecule has 0 aromatic rings. The summed E-state index contributed by atoms with van der Waals surface area (Å²) in [6.07, 6.45) is 2.50. The van der Waals surface area contributed by atoms with Gasteiger partial charge < -0.3 is 5.73 Å². The molecule has 0 aromatic heterocycles. The minimum absolute atomic E-state index is 0.179. The molecule has 2 heteroatoms. The Morgan fingerprint density at radius 2 is 2.11 bits per heavy atom. The van der Waals surface area contributed by atoms with Crippen molar-refractivity contribution in [2.45, 2.75) is 31.5 Å².